The van der Waals surface area contributed by atoms with Gasteiger partial charge in [0.1, 0.15) is 29.7 Å². The normalized spacial score (nSPS) is 12.9. The predicted octanol–water partition coefficient (Wildman–Crippen LogP) is 1.90. The number of benzene rings is 1. The lowest BCUT2D eigenvalue weighted by atomic mass is 10.1. The van der Waals surface area contributed by atoms with Gasteiger partial charge in [-0.25, -0.2) is 14.6 Å². The monoisotopic (exact) mass is 391 g/mol. The Labute approximate surface area is 167 Å². The van der Waals surface area contributed by atoms with Crippen molar-refractivity contribution in [2.45, 2.75) is 20.0 Å². The van der Waals surface area contributed by atoms with Crippen LogP contribution in [-0.4, -0.2) is 52.4 Å². The zero-order chi connectivity index (χ0) is 20.0. The molecular weight excluding hydrogens is 370 g/mol. The molecule has 0 aliphatic carbocycles. The zero-order valence-corrected chi connectivity index (χ0v) is 16.3. The Bertz CT molecular complexity index is 1190. The van der Waals surface area contributed by atoms with Gasteiger partial charge in [-0.15, -0.1) is 0 Å². The van der Waals surface area contributed by atoms with E-state index in [0.29, 0.717) is 19.7 Å². The van der Waals surface area contributed by atoms with E-state index in [0.717, 1.165) is 45.6 Å². The summed E-state index contributed by atoms with van der Waals surface area (Å²) >= 11 is 0. The van der Waals surface area contributed by atoms with Gasteiger partial charge in [-0.1, -0.05) is 6.07 Å². The molecule has 0 atom stereocenters. The van der Waals surface area contributed by atoms with Crippen molar-refractivity contribution < 1.29 is 9.84 Å². The third-order valence-electron chi connectivity index (χ3n) is 4.98. The highest BCUT2D eigenvalue weighted by Crippen LogP contribution is 2.36. The maximum absolute atomic E-state index is 9.08. The fourth-order valence-electron chi connectivity index (χ4n) is 3.64. The van der Waals surface area contributed by atoms with E-state index in [2.05, 4.69) is 19.7 Å². The summed E-state index contributed by atoms with van der Waals surface area (Å²) in [6.45, 7) is 3.67. The maximum Gasteiger partial charge on any atom is 0.178 e. The molecule has 1 aliphatic heterocycles. The molecule has 0 amide bonds. The minimum atomic E-state index is 0.0600. The Morgan fingerprint density at radius 3 is 2.83 bits per heavy atom. The molecule has 0 spiro atoms. The smallest absolute Gasteiger partial charge is 0.178 e. The summed E-state index contributed by atoms with van der Waals surface area (Å²) in [5, 5.41) is 17.7. The molecule has 0 unspecified atom stereocenters. The average molecular weight is 391 g/mol. The van der Waals surface area contributed by atoms with Gasteiger partial charge in [-0.3, -0.25) is 4.68 Å². The Kier molecular flexibility index (Phi) is 4.17. The number of hydrogen-bond donors (Lipinski definition) is 1. The SMILES string of the molecule is Cc1nc(-c2cn3c(n2)-c2ccc(-c4cnn(CCO)c4)cc2OCC3)n(C)n1. The largest absolute Gasteiger partial charge is 0.491 e. The molecule has 0 radical (unpaired) electrons. The van der Waals surface area contributed by atoms with Crippen molar-refractivity contribution in [2.75, 3.05) is 13.2 Å². The number of rotatable bonds is 4. The Balaban J connectivity index is 1.55. The molecule has 9 heteroatoms. The molecule has 0 saturated carbocycles. The van der Waals surface area contributed by atoms with Crippen LogP contribution < -0.4 is 4.74 Å². The molecule has 1 aromatic carbocycles. The fourth-order valence-corrected chi connectivity index (χ4v) is 3.64. The van der Waals surface area contributed by atoms with Crippen LogP contribution >= 0.6 is 0 Å². The molecule has 0 bridgehead atoms. The van der Waals surface area contributed by atoms with E-state index in [1.165, 1.54) is 0 Å². The number of nitrogens with zero attached hydrogens (tertiary/aromatic N) is 7. The first-order valence-corrected chi connectivity index (χ1v) is 9.48. The van der Waals surface area contributed by atoms with Gasteiger partial charge in [0.25, 0.3) is 0 Å². The van der Waals surface area contributed by atoms with E-state index in [1.54, 1.807) is 15.6 Å². The minimum absolute atomic E-state index is 0.0600. The van der Waals surface area contributed by atoms with Crippen molar-refractivity contribution in [1.29, 1.82) is 0 Å². The fraction of sp³-hybridized carbons (Fsp3) is 0.300. The first kappa shape index (κ1) is 17.6. The van der Waals surface area contributed by atoms with Gasteiger partial charge < -0.3 is 14.4 Å². The number of aliphatic hydroxyl groups excluding tert-OH is 1. The van der Waals surface area contributed by atoms with E-state index in [1.807, 2.05) is 44.6 Å². The van der Waals surface area contributed by atoms with Crippen molar-refractivity contribution in [3.8, 4) is 39.8 Å². The third kappa shape index (κ3) is 3.09. The number of aryl methyl sites for hydroxylation is 2. The maximum atomic E-state index is 9.08. The summed E-state index contributed by atoms with van der Waals surface area (Å²) in [6.07, 6.45) is 5.72. The minimum Gasteiger partial charge on any atom is -0.491 e. The van der Waals surface area contributed by atoms with E-state index in [9.17, 15) is 0 Å². The van der Waals surface area contributed by atoms with Crippen molar-refractivity contribution in [3.63, 3.8) is 0 Å². The number of fused-ring (bicyclic) bond motifs is 3. The zero-order valence-electron chi connectivity index (χ0n) is 16.3. The predicted molar refractivity (Wildman–Crippen MR) is 106 cm³/mol. The van der Waals surface area contributed by atoms with Gasteiger partial charge in [-0.2, -0.15) is 10.2 Å². The molecule has 1 N–H and O–H groups in total. The molecule has 5 rings (SSSR count). The molecule has 3 aromatic heterocycles. The summed E-state index contributed by atoms with van der Waals surface area (Å²) < 4.78 is 11.6. The van der Waals surface area contributed by atoms with Gasteiger partial charge in [0, 0.05) is 25.0 Å². The van der Waals surface area contributed by atoms with Gasteiger partial charge >= 0.3 is 0 Å². The highest BCUT2D eigenvalue weighted by molar-refractivity contribution is 5.74. The summed E-state index contributed by atoms with van der Waals surface area (Å²) in [4.78, 5) is 9.33. The van der Waals surface area contributed by atoms with Gasteiger partial charge in [0.05, 0.1) is 31.5 Å². The third-order valence-corrected chi connectivity index (χ3v) is 4.98. The molecule has 1 aliphatic rings. The Morgan fingerprint density at radius 1 is 1.14 bits per heavy atom. The number of aliphatic hydroxyl groups is 1. The summed E-state index contributed by atoms with van der Waals surface area (Å²) in [5.74, 6) is 3.12. The van der Waals surface area contributed by atoms with Crippen molar-refractivity contribution in [3.05, 3.63) is 42.6 Å². The van der Waals surface area contributed by atoms with Crippen LogP contribution in [0.2, 0.25) is 0 Å². The molecular formula is C20H21N7O2. The molecule has 29 heavy (non-hydrogen) atoms. The second kappa shape index (κ2) is 6.85. The highest BCUT2D eigenvalue weighted by Gasteiger charge is 2.21. The number of hydrogen-bond acceptors (Lipinski definition) is 6. The molecule has 4 aromatic rings. The lowest BCUT2D eigenvalue weighted by Crippen LogP contribution is -2.04. The molecule has 0 saturated heterocycles. The Morgan fingerprint density at radius 2 is 2.03 bits per heavy atom. The summed E-state index contributed by atoms with van der Waals surface area (Å²) in [7, 11) is 1.88. The molecule has 9 nitrogen and oxygen atoms in total. The van der Waals surface area contributed by atoms with Crippen LogP contribution in [0.4, 0.5) is 0 Å². The van der Waals surface area contributed by atoms with Crippen molar-refractivity contribution in [1.82, 2.24) is 34.1 Å². The molecule has 0 fully saturated rings. The molecule has 148 valence electrons. The first-order valence-electron chi connectivity index (χ1n) is 9.48. The standard InChI is InChI=1S/C20H21N7O2/c1-13-22-20(25(2)24-13)17-12-26-6-8-29-18-9-14(3-4-16(18)19(26)23-17)15-10-21-27(11-15)5-7-28/h3-4,9-12,28H,5-8H2,1-2H3. The average Bonchev–Trinajstić information content (AvgIpc) is 3.39. The quantitative estimate of drug-likeness (QED) is 0.571. The number of aromatic nitrogens is 7. The van der Waals surface area contributed by atoms with E-state index >= 15 is 0 Å². The van der Waals surface area contributed by atoms with Crippen LogP contribution in [0, 0.1) is 6.92 Å². The summed E-state index contributed by atoms with van der Waals surface area (Å²) in [5.41, 5.74) is 3.73. The highest BCUT2D eigenvalue weighted by atomic mass is 16.5. The van der Waals surface area contributed by atoms with E-state index in [-0.39, 0.29) is 6.61 Å². The van der Waals surface area contributed by atoms with Crippen LogP contribution in [0.5, 0.6) is 5.75 Å². The van der Waals surface area contributed by atoms with E-state index < -0.39 is 0 Å². The second-order valence-electron chi connectivity index (χ2n) is 7.02. The van der Waals surface area contributed by atoms with Crippen LogP contribution in [0.1, 0.15) is 5.82 Å². The lowest BCUT2D eigenvalue weighted by Gasteiger charge is -2.08. The van der Waals surface area contributed by atoms with Crippen LogP contribution in [-0.2, 0) is 20.1 Å². The van der Waals surface area contributed by atoms with Crippen molar-refractivity contribution in [2.24, 2.45) is 7.05 Å². The first-order chi connectivity index (χ1) is 14.1. The van der Waals surface area contributed by atoms with Crippen molar-refractivity contribution >= 4 is 0 Å². The second-order valence-corrected chi connectivity index (χ2v) is 7.02. The molecule has 4 heterocycles. The Hall–Kier alpha value is -3.46. The number of imidazole rings is 1. The van der Waals surface area contributed by atoms with Crippen LogP contribution in [0.25, 0.3) is 34.0 Å². The van der Waals surface area contributed by atoms with E-state index in [4.69, 9.17) is 14.8 Å². The van der Waals surface area contributed by atoms with Gasteiger partial charge in [-0.05, 0) is 24.6 Å². The topological polar surface area (TPSA) is 95.8 Å². The van der Waals surface area contributed by atoms with Gasteiger partial charge in [0.15, 0.2) is 5.82 Å². The van der Waals surface area contributed by atoms with Gasteiger partial charge in [0.2, 0.25) is 0 Å². The lowest BCUT2D eigenvalue weighted by molar-refractivity contribution is 0.269. The van der Waals surface area contributed by atoms with Crippen LogP contribution in [0.3, 0.4) is 0 Å². The number of ether oxygens (including phenoxy) is 1. The summed E-state index contributed by atoms with van der Waals surface area (Å²) in [6, 6.07) is 6.09. The van der Waals surface area contributed by atoms with Crippen LogP contribution in [0.15, 0.2) is 36.8 Å².